The van der Waals surface area contributed by atoms with E-state index in [4.69, 9.17) is 11.6 Å². The highest BCUT2D eigenvalue weighted by atomic mass is 35.5. The Hall–Kier alpha value is -1.08. The molecule has 1 aromatic heterocycles. The normalized spacial score (nSPS) is 20.9. The lowest BCUT2D eigenvalue weighted by molar-refractivity contribution is -0.144. The summed E-state index contributed by atoms with van der Waals surface area (Å²) in [5.74, 6) is -1.11. The number of likely N-dealkylation sites (tertiary alicyclic amines) is 1. The molecule has 1 aliphatic rings. The summed E-state index contributed by atoms with van der Waals surface area (Å²) in [5, 5.41) is 2.70. The predicted octanol–water partition coefficient (Wildman–Crippen LogP) is 3.05. The van der Waals surface area contributed by atoms with E-state index in [2.05, 4.69) is 20.2 Å². The Morgan fingerprint density at radius 1 is 1.40 bits per heavy atom. The van der Waals surface area contributed by atoms with Crippen LogP contribution in [-0.2, 0) is 6.18 Å². The van der Waals surface area contributed by atoms with Gasteiger partial charge in [0.05, 0.1) is 0 Å². The van der Waals surface area contributed by atoms with Gasteiger partial charge in [0.1, 0.15) is 11.0 Å². The molecule has 1 fully saturated rings. The summed E-state index contributed by atoms with van der Waals surface area (Å²) in [5.41, 5.74) is 0. The van der Waals surface area contributed by atoms with Crippen LogP contribution in [0.25, 0.3) is 0 Å². The molecule has 1 aliphatic heterocycles. The summed E-state index contributed by atoms with van der Waals surface area (Å²) in [6.45, 7) is 1.55. The van der Waals surface area contributed by atoms with Gasteiger partial charge in [-0.3, -0.25) is 0 Å². The van der Waals surface area contributed by atoms with Crippen molar-refractivity contribution in [1.82, 2.24) is 14.9 Å². The van der Waals surface area contributed by atoms with Gasteiger partial charge in [-0.25, -0.2) is 9.97 Å². The standard InChI is InChI=1S/C12H16ClF3N4/c1-20-5-3-2-4-8(20)7-17-10-6-9(13)18-11(19-10)12(14,15)16/h6,8H,2-5,7H2,1H3,(H,17,18,19). The molecule has 2 heterocycles. The van der Waals surface area contributed by atoms with E-state index in [0.29, 0.717) is 12.6 Å². The van der Waals surface area contributed by atoms with E-state index in [1.54, 1.807) is 0 Å². The Bertz CT molecular complexity index is 467. The first kappa shape index (κ1) is 15.3. The first-order valence-corrected chi connectivity index (χ1v) is 6.80. The van der Waals surface area contributed by atoms with Gasteiger partial charge in [0.2, 0.25) is 5.82 Å². The third kappa shape index (κ3) is 3.96. The van der Waals surface area contributed by atoms with Gasteiger partial charge in [-0.15, -0.1) is 0 Å². The zero-order valence-corrected chi connectivity index (χ0v) is 11.8. The van der Waals surface area contributed by atoms with Gasteiger partial charge in [-0.1, -0.05) is 18.0 Å². The highest BCUT2D eigenvalue weighted by molar-refractivity contribution is 6.29. The Labute approximate surface area is 120 Å². The van der Waals surface area contributed by atoms with Crippen molar-refractivity contribution < 1.29 is 13.2 Å². The molecule has 0 aliphatic carbocycles. The average Bonchev–Trinajstić information content (AvgIpc) is 2.36. The molecule has 1 atom stereocenters. The van der Waals surface area contributed by atoms with E-state index < -0.39 is 12.0 Å². The first-order valence-electron chi connectivity index (χ1n) is 6.42. The first-order chi connectivity index (χ1) is 9.36. The zero-order chi connectivity index (χ0) is 14.8. The van der Waals surface area contributed by atoms with Crippen molar-refractivity contribution in [3.05, 3.63) is 17.0 Å². The largest absolute Gasteiger partial charge is 0.451 e. The van der Waals surface area contributed by atoms with Gasteiger partial charge in [-0.05, 0) is 26.4 Å². The number of hydrogen-bond acceptors (Lipinski definition) is 4. The monoisotopic (exact) mass is 308 g/mol. The van der Waals surface area contributed by atoms with Crippen molar-refractivity contribution in [2.24, 2.45) is 0 Å². The fourth-order valence-corrected chi connectivity index (χ4v) is 2.44. The van der Waals surface area contributed by atoms with Crippen LogP contribution in [0.1, 0.15) is 25.1 Å². The van der Waals surface area contributed by atoms with Crippen LogP contribution in [0.15, 0.2) is 6.07 Å². The fraction of sp³-hybridized carbons (Fsp3) is 0.667. The number of likely N-dealkylation sites (N-methyl/N-ethyl adjacent to an activating group) is 1. The number of piperidine rings is 1. The molecule has 0 aromatic carbocycles. The Morgan fingerprint density at radius 3 is 2.80 bits per heavy atom. The molecule has 0 spiro atoms. The van der Waals surface area contributed by atoms with E-state index in [-0.39, 0.29) is 11.0 Å². The molecule has 8 heteroatoms. The molecule has 0 radical (unpaired) electrons. The van der Waals surface area contributed by atoms with Crippen LogP contribution in [-0.4, -0.2) is 41.0 Å². The minimum atomic E-state index is -4.59. The Kier molecular flexibility index (Phi) is 4.70. The molecule has 1 aromatic rings. The summed E-state index contributed by atoms with van der Waals surface area (Å²) in [6, 6.07) is 1.60. The second kappa shape index (κ2) is 6.13. The number of alkyl halides is 3. The number of hydrogen-bond donors (Lipinski definition) is 1. The van der Waals surface area contributed by atoms with E-state index in [1.807, 2.05) is 7.05 Å². The second-order valence-electron chi connectivity index (χ2n) is 4.91. The van der Waals surface area contributed by atoms with Crippen molar-refractivity contribution in [2.45, 2.75) is 31.5 Å². The summed E-state index contributed by atoms with van der Waals surface area (Å²) in [6.07, 6.45) is -1.28. The number of rotatable bonds is 3. The lowest BCUT2D eigenvalue weighted by Gasteiger charge is -2.32. The Morgan fingerprint density at radius 2 is 2.15 bits per heavy atom. The molecule has 0 bridgehead atoms. The lowest BCUT2D eigenvalue weighted by Crippen LogP contribution is -2.40. The molecule has 0 amide bonds. The molecule has 2 rings (SSSR count). The van der Waals surface area contributed by atoms with E-state index >= 15 is 0 Å². The van der Waals surface area contributed by atoms with Crippen LogP contribution < -0.4 is 5.32 Å². The average molecular weight is 309 g/mol. The molecule has 4 nitrogen and oxygen atoms in total. The van der Waals surface area contributed by atoms with Crippen molar-refractivity contribution in [1.29, 1.82) is 0 Å². The lowest BCUT2D eigenvalue weighted by atomic mass is 10.0. The number of halogens is 4. The number of nitrogens with zero attached hydrogens (tertiary/aromatic N) is 3. The number of aromatic nitrogens is 2. The molecule has 0 saturated carbocycles. The highest BCUT2D eigenvalue weighted by Gasteiger charge is 2.35. The van der Waals surface area contributed by atoms with E-state index in [0.717, 1.165) is 25.8 Å². The van der Waals surface area contributed by atoms with E-state index in [1.165, 1.54) is 6.07 Å². The third-order valence-corrected chi connectivity index (χ3v) is 3.58. The molecule has 1 saturated heterocycles. The summed E-state index contributed by atoms with van der Waals surface area (Å²) in [4.78, 5) is 8.86. The molecule has 1 N–H and O–H groups in total. The third-order valence-electron chi connectivity index (χ3n) is 3.39. The van der Waals surface area contributed by atoms with Crippen LogP contribution in [0, 0.1) is 0 Å². The van der Waals surface area contributed by atoms with Crippen LogP contribution in [0.3, 0.4) is 0 Å². The minimum absolute atomic E-state index is 0.108. The SMILES string of the molecule is CN1CCCCC1CNc1cc(Cl)nc(C(F)(F)F)n1. The summed E-state index contributed by atoms with van der Waals surface area (Å²) < 4.78 is 37.8. The van der Waals surface area contributed by atoms with Gasteiger partial charge in [-0.2, -0.15) is 13.2 Å². The van der Waals surface area contributed by atoms with Gasteiger partial charge in [0, 0.05) is 18.7 Å². The summed E-state index contributed by atoms with van der Waals surface area (Å²) in [7, 11) is 2.01. The Balaban J connectivity index is 2.04. The van der Waals surface area contributed by atoms with Gasteiger partial charge in [0.25, 0.3) is 0 Å². The molecule has 20 heavy (non-hydrogen) atoms. The van der Waals surface area contributed by atoms with Crippen molar-refractivity contribution in [2.75, 3.05) is 25.5 Å². The predicted molar refractivity (Wildman–Crippen MR) is 70.8 cm³/mol. The maximum Gasteiger partial charge on any atom is 0.451 e. The summed E-state index contributed by atoms with van der Waals surface area (Å²) >= 11 is 5.60. The molecule has 112 valence electrons. The number of anilines is 1. The minimum Gasteiger partial charge on any atom is -0.368 e. The van der Waals surface area contributed by atoms with Crippen LogP contribution in [0.2, 0.25) is 5.15 Å². The van der Waals surface area contributed by atoms with Crippen LogP contribution >= 0.6 is 11.6 Å². The van der Waals surface area contributed by atoms with Gasteiger partial charge in [0.15, 0.2) is 0 Å². The smallest absolute Gasteiger partial charge is 0.368 e. The van der Waals surface area contributed by atoms with Crippen molar-refractivity contribution in [3.8, 4) is 0 Å². The molecule has 1 unspecified atom stereocenters. The maximum absolute atomic E-state index is 12.6. The molecular formula is C12H16ClF3N4. The topological polar surface area (TPSA) is 41.0 Å². The quantitative estimate of drug-likeness (QED) is 0.871. The van der Waals surface area contributed by atoms with Crippen molar-refractivity contribution >= 4 is 17.4 Å². The van der Waals surface area contributed by atoms with Gasteiger partial charge >= 0.3 is 6.18 Å². The van der Waals surface area contributed by atoms with Gasteiger partial charge < -0.3 is 10.2 Å². The van der Waals surface area contributed by atoms with E-state index in [9.17, 15) is 13.2 Å². The highest BCUT2D eigenvalue weighted by Crippen LogP contribution is 2.28. The maximum atomic E-state index is 12.6. The zero-order valence-electron chi connectivity index (χ0n) is 11.0. The van der Waals surface area contributed by atoms with Crippen molar-refractivity contribution in [3.63, 3.8) is 0 Å². The fourth-order valence-electron chi connectivity index (χ4n) is 2.26. The number of nitrogens with one attached hydrogen (secondary N) is 1. The second-order valence-corrected chi connectivity index (χ2v) is 5.30. The van der Waals surface area contributed by atoms with Crippen LogP contribution in [0.4, 0.5) is 19.0 Å². The molecular weight excluding hydrogens is 293 g/mol. The van der Waals surface area contributed by atoms with Crippen LogP contribution in [0.5, 0.6) is 0 Å².